The van der Waals surface area contributed by atoms with Gasteiger partial charge >= 0.3 is 11.9 Å². The second kappa shape index (κ2) is 7.26. The average molecular weight is 371 g/mol. The zero-order valence-corrected chi connectivity index (χ0v) is 15.4. The minimum absolute atomic E-state index is 0.0260. The molecule has 0 aliphatic heterocycles. The number of methoxy groups -OCH3 is 1. The fraction of sp³-hybridized carbons (Fsp3) is 0.350. The second-order valence-electron chi connectivity index (χ2n) is 6.53. The summed E-state index contributed by atoms with van der Waals surface area (Å²) in [4.78, 5) is 37.1. The summed E-state index contributed by atoms with van der Waals surface area (Å²) in [7, 11) is 1.26. The number of rotatable bonds is 6. The predicted octanol–water partition coefficient (Wildman–Crippen LogP) is 2.97. The third kappa shape index (κ3) is 3.45. The van der Waals surface area contributed by atoms with Crippen molar-refractivity contribution in [3.8, 4) is 5.75 Å². The van der Waals surface area contributed by atoms with Crippen LogP contribution in [-0.2, 0) is 9.47 Å². The molecule has 0 radical (unpaired) electrons. The molecule has 1 aliphatic carbocycles. The number of benzene rings is 1. The Kier molecular flexibility index (Phi) is 5.03. The Morgan fingerprint density at radius 2 is 1.70 bits per heavy atom. The van der Waals surface area contributed by atoms with Gasteiger partial charge in [0, 0.05) is 17.4 Å². The van der Waals surface area contributed by atoms with Crippen LogP contribution in [0.3, 0.4) is 0 Å². The van der Waals surface area contributed by atoms with Gasteiger partial charge in [0.15, 0.2) is 6.61 Å². The monoisotopic (exact) mass is 371 g/mol. The predicted molar refractivity (Wildman–Crippen MR) is 96.2 cm³/mol. The van der Waals surface area contributed by atoms with E-state index >= 15 is 0 Å². The number of esters is 2. The number of hydrogen-bond donors (Lipinski definition) is 1. The van der Waals surface area contributed by atoms with Gasteiger partial charge in [-0.2, -0.15) is 0 Å². The van der Waals surface area contributed by atoms with Crippen LogP contribution in [0.5, 0.6) is 5.75 Å². The number of phenolic OH excluding ortho intramolecular Hbond substituents is 1. The fourth-order valence-electron chi connectivity index (χ4n) is 3.36. The van der Waals surface area contributed by atoms with Gasteiger partial charge in [-0.25, -0.2) is 9.59 Å². The number of ketones is 1. The van der Waals surface area contributed by atoms with Crippen LogP contribution < -0.4 is 0 Å². The Hall–Kier alpha value is -3.09. The van der Waals surface area contributed by atoms with Gasteiger partial charge in [0.25, 0.3) is 0 Å². The molecule has 0 saturated heterocycles. The standard InChI is InChI=1S/C20H21NO6/c1-11-17(18(20(25)26-3)12(2)21(11)13-8-9-13)16(23)10-27-19(24)14-6-4-5-7-15(14)22/h4-7,13,22H,8-10H2,1-3H3. The Balaban J connectivity index is 1.86. The Labute approximate surface area is 156 Å². The minimum atomic E-state index is -0.808. The van der Waals surface area contributed by atoms with Crippen LogP contribution in [0, 0.1) is 13.8 Å². The molecule has 1 heterocycles. The van der Waals surface area contributed by atoms with Gasteiger partial charge in [0.2, 0.25) is 5.78 Å². The zero-order chi connectivity index (χ0) is 19.7. The highest BCUT2D eigenvalue weighted by atomic mass is 16.5. The van der Waals surface area contributed by atoms with Crippen molar-refractivity contribution in [1.82, 2.24) is 4.57 Å². The number of ether oxygens (including phenoxy) is 2. The van der Waals surface area contributed by atoms with Crippen LogP contribution in [0.4, 0.5) is 0 Å². The number of carbonyl (C=O) groups is 3. The summed E-state index contributed by atoms with van der Waals surface area (Å²) in [6.45, 7) is 3.02. The fourth-order valence-corrected chi connectivity index (χ4v) is 3.36. The molecule has 142 valence electrons. The lowest BCUT2D eigenvalue weighted by Crippen LogP contribution is -2.17. The maximum Gasteiger partial charge on any atom is 0.342 e. The summed E-state index contributed by atoms with van der Waals surface area (Å²) in [5.41, 5.74) is 1.75. The van der Waals surface area contributed by atoms with Crippen molar-refractivity contribution in [3.63, 3.8) is 0 Å². The first-order valence-corrected chi connectivity index (χ1v) is 8.64. The number of hydrogen-bond acceptors (Lipinski definition) is 6. The highest BCUT2D eigenvalue weighted by Crippen LogP contribution is 2.40. The van der Waals surface area contributed by atoms with E-state index in [1.807, 2.05) is 4.57 Å². The summed E-state index contributed by atoms with van der Waals surface area (Å²) >= 11 is 0. The van der Waals surface area contributed by atoms with E-state index in [2.05, 4.69) is 0 Å². The number of Topliss-reactive ketones (excluding diaryl/α,β-unsaturated/α-hetero) is 1. The van der Waals surface area contributed by atoms with E-state index in [9.17, 15) is 19.5 Å². The van der Waals surface area contributed by atoms with E-state index < -0.39 is 24.3 Å². The van der Waals surface area contributed by atoms with Crippen LogP contribution in [0.2, 0.25) is 0 Å². The SMILES string of the molecule is COC(=O)c1c(C(=O)COC(=O)c2ccccc2O)c(C)n(C2CC2)c1C. The first-order valence-electron chi connectivity index (χ1n) is 8.64. The van der Waals surface area contributed by atoms with Gasteiger partial charge in [-0.05, 0) is 38.8 Å². The molecule has 0 amide bonds. The number of carbonyl (C=O) groups excluding carboxylic acids is 3. The Morgan fingerprint density at radius 3 is 2.30 bits per heavy atom. The van der Waals surface area contributed by atoms with E-state index in [0.717, 1.165) is 12.8 Å². The van der Waals surface area contributed by atoms with Crippen LogP contribution in [-0.4, -0.2) is 41.1 Å². The number of para-hydroxylation sites is 1. The van der Waals surface area contributed by atoms with E-state index in [4.69, 9.17) is 9.47 Å². The lowest BCUT2D eigenvalue weighted by Gasteiger charge is -2.08. The van der Waals surface area contributed by atoms with Crippen LogP contribution in [0.1, 0.15) is 61.3 Å². The van der Waals surface area contributed by atoms with Crippen molar-refractivity contribution in [3.05, 3.63) is 52.3 Å². The second-order valence-corrected chi connectivity index (χ2v) is 6.53. The van der Waals surface area contributed by atoms with Crippen molar-refractivity contribution >= 4 is 17.7 Å². The van der Waals surface area contributed by atoms with Crippen molar-refractivity contribution in [2.75, 3.05) is 13.7 Å². The molecule has 7 heteroatoms. The van der Waals surface area contributed by atoms with Gasteiger partial charge in [-0.1, -0.05) is 12.1 Å². The van der Waals surface area contributed by atoms with Crippen molar-refractivity contribution in [1.29, 1.82) is 0 Å². The largest absolute Gasteiger partial charge is 0.507 e. The molecule has 1 fully saturated rings. The first kappa shape index (κ1) is 18.7. The third-order valence-electron chi connectivity index (χ3n) is 4.74. The molecule has 7 nitrogen and oxygen atoms in total. The minimum Gasteiger partial charge on any atom is -0.507 e. The van der Waals surface area contributed by atoms with Gasteiger partial charge in [0.05, 0.1) is 18.2 Å². The van der Waals surface area contributed by atoms with Crippen LogP contribution >= 0.6 is 0 Å². The van der Waals surface area contributed by atoms with Crippen LogP contribution in [0.25, 0.3) is 0 Å². The third-order valence-corrected chi connectivity index (χ3v) is 4.74. The van der Waals surface area contributed by atoms with Gasteiger partial charge in [-0.15, -0.1) is 0 Å². The summed E-state index contributed by atoms with van der Waals surface area (Å²) < 4.78 is 11.9. The summed E-state index contributed by atoms with van der Waals surface area (Å²) in [6, 6.07) is 6.19. The summed E-state index contributed by atoms with van der Waals surface area (Å²) in [6.07, 6.45) is 1.99. The number of aromatic hydroxyl groups is 1. The Bertz CT molecular complexity index is 923. The number of phenols is 1. The highest BCUT2D eigenvalue weighted by Gasteiger charge is 2.34. The molecule has 1 aliphatic rings. The van der Waals surface area contributed by atoms with E-state index in [1.165, 1.54) is 19.2 Å². The lowest BCUT2D eigenvalue weighted by atomic mass is 10.1. The van der Waals surface area contributed by atoms with E-state index in [-0.39, 0.29) is 28.5 Å². The molecule has 2 aromatic rings. The molecule has 27 heavy (non-hydrogen) atoms. The zero-order valence-electron chi connectivity index (χ0n) is 15.4. The van der Waals surface area contributed by atoms with Crippen LogP contribution in [0.15, 0.2) is 24.3 Å². The normalized spacial score (nSPS) is 13.3. The molecule has 0 atom stereocenters. The molecule has 3 rings (SSSR count). The van der Waals surface area contributed by atoms with E-state index in [1.54, 1.807) is 26.0 Å². The average Bonchev–Trinajstić information content (AvgIpc) is 3.44. The number of nitrogens with zero attached hydrogens (tertiary/aromatic N) is 1. The van der Waals surface area contributed by atoms with Crippen molar-refractivity contribution < 1.29 is 29.0 Å². The molecule has 1 aromatic carbocycles. The van der Waals surface area contributed by atoms with E-state index in [0.29, 0.717) is 11.4 Å². The molecule has 1 aromatic heterocycles. The van der Waals surface area contributed by atoms with Gasteiger partial charge in [0.1, 0.15) is 11.3 Å². The topological polar surface area (TPSA) is 94.8 Å². The molecule has 0 bridgehead atoms. The molecule has 1 saturated carbocycles. The Morgan fingerprint density at radius 1 is 1.07 bits per heavy atom. The number of aromatic nitrogens is 1. The van der Waals surface area contributed by atoms with Gasteiger partial charge in [-0.3, -0.25) is 4.79 Å². The summed E-state index contributed by atoms with van der Waals surface area (Å²) in [5, 5.41) is 9.71. The molecular weight excluding hydrogens is 350 g/mol. The quantitative estimate of drug-likeness (QED) is 0.620. The smallest absolute Gasteiger partial charge is 0.342 e. The van der Waals surface area contributed by atoms with Crippen molar-refractivity contribution in [2.24, 2.45) is 0 Å². The summed E-state index contributed by atoms with van der Waals surface area (Å²) in [5.74, 6) is -2.11. The molecule has 0 unspecified atom stereocenters. The molecule has 0 spiro atoms. The molecular formula is C20H21NO6. The highest BCUT2D eigenvalue weighted by molar-refractivity contribution is 6.09. The van der Waals surface area contributed by atoms with Crippen molar-refractivity contribution in [2.45, 2.75) is 32.7 Å². The molecule has 1 N–H and O–H groups in total. The first-order chi connectivity index (χ1) is 12.9. The maximum atomic E-state index is 12.8. The maximum absolute atomic E-state index is 12.8. The lowest BCUT2D eigenvalue weighted by molar-refractivity contribution is 0.0470. The van der Waals surface area contributed by atoms with Gasteiger partial charge < -0.3 is 19.1 Å².